The summed E-state index contributed by atoms with van der Waals surface area (Å²) in [6.45, 7) is 4.75. The third-order valence-corrected chi connectivity index (χ3v) is 8.96. The fourth-order valence-corrected chi connectivity index (χ4v) is 5.98. The lowest BCUT2D eigenvalue weighted by molar-refractivity contribution is 0.205. The van der Waals surface area contributed by atoms with Gasteiger partial charge < -0.3 is 0 Å². The van der Waals surface area contributed by atoms with Crippen LogP contribution in [0.2, 0.25) is 0 Å². The van der Waals surface area contributed by atoms with Gasteiger partial charge in [0.1, 0.15) is 0 Å². The Morgan fingerprint density at radius 3 is 1.16 bits per heavy atom. The van der Waals surface area contributed by atoms with E-state index in [4.69, 9.17) is 25.9 Å². The summed E-state index contributed by atoms with van der Waals surface area (Å²) in [5.74, 6) is 0. The average Bonchev–Trinajstić information content (AvgIpc) is 3.07. The predicted molar refractivity (Wildman–Crippen MR) is 203 cm³/mol. The number of aryl methyl sites for hydroxylation is 1. The van der Waals surface area contributed by atoms with E-state index in [1.807, 2.05) is 30.3 Å². The summed E-state index contributed by atoms with van der Waals surface area (Å²) < 4.78 is 64.6. The molecule has 0 aliphatic heterocycles. The molecule has 2 rings (SSSR count). The molecule has 0 atom stereocenters. The van der Waals surface area contributed by atoms with E-state index in [1.165, 1.54) is 134 Å². The van der Waals surface area contributed by atoms with E-state index in [0.717, 1.165) is 24.8 Å². The van der Waals surface area contributed by atoms with Crippen molar-refractivity contribution in [3.63, 3.8) is 0 Å². The van der Waals surface area contributed by atoms with Gasteiger partial charge in [0.25, 0.3) is 0 Å². The molecule has 2 aromatic carbocycles. The molecule has 49 heavy (non-hydrogen) atoms. The second kappa shape index (κ2) is 33.3. The summed E-state index contributed by atoms with van der Waals surface area (Å²) in [5.41, 5.74) is 2.31. The van der Waals surface area contributed by atoms with Crippen molar-refractivity contribution in [2.75, 3.05) is 6.61 Å². The molecule has 8 nitrogen and oxygen atoms in total. The SMILES string of the molecule is CCCCCCCCCCCCCOS(=O)(=O)OCc1ccccc1.CCCCCCCCCCCCCc1ccccc1.O=S(=O)(O)O. The van der Waals surface area contributed by atoms with Crippen LogP contribution < -0.4 is 0 Å². The monoisotopic (exact) mass is 728 g/mol. The third kappa shape index (κ3) is 38.8. The molecule has 0 unspecified atom stereocenters. The normalized spacial score (nSPS) is 11.3. The highest BCUT2D eigenvalue weighted by atomic mass is 32.3. The quantitative estimate of drug-likeness (QED) is 0.0654. The van der Waals surface area contributed by atoms with Crippen molar-refractivity contribution < 1.29 is 34.3 Å². The van der Waals surface area contributed by atoms with E-state index in [1.54, 1.807) is 0 Å². The van der Waals surface area contributed by atoms with Gasteiger partial charge in [0.05, 0.1) is 13.2 Å². The van der Waals surface area contributed by atoms with E-state index in [9.17, 15) is 8.42 Å². The van der Waals surface area contributed by atoms with Crippen LogP contribution >= 0.6 is 0 Å². The minimum absolute atomic E-state index is 0.0153. The lowest BCUT2D eigenvalue weighted by atomic mass is 10.0. The van der Waals surface area contributed by atoms with Crippen LogP contribution in [0.25, 0.3) is 0 Å². The zero-order valence-electron chi connectivity index (χ0n) is 30.6. The fourth-order valence-electron chi connectivity index (χ4n) is 5.31. The Balaban J connectivity index is 0.000000848. The van der Waals surface area contributed by atoms with Crippen molar-refractivity contribution >= 4 is 20.8 Å². The summed E-state index contributed by atoms with van der Waals surface area (Å²) in [4.78, 5) is 0. The molecular formula is C39H68O8S2. The Bertz CT molecular complexity index is 1170. The largest absolute Gasteiger partial charge is 0.400 e. The Labute approximate surface area is 300 Å². The molecular weight excluding hydrogens is 661 g/mol. The van der Waals surface area contributed by atoms with Gasteiger partial charge in [0.15, 0.2) is 0 Å². The molecule has 0 radical (unpaired) electrons. The molecule has 10 heteroatoms. The minimum atomic E-state index is -4.67. The highest BCUT2D eigenvalue weighted by molar-refractivity contribution is 7.81. The Kier molecular flexibility index (Phi) is 32.1. The van der Waals surface area contributed by atoms with Crippen molar-refractivity contribution in [1.82, 2.24) is 0 Å². The van der Waals surface area contributed by atoms with Crippen molar-refractivity contribution in [2.45, 2.75) is 168 Å². The van der Waals surface area contributed by atoms with Gasteiger partial charge in [0, 0.05) is 0 Å². The first-order valence-electron chi connectivity index (χ1n) is 18.9. The predicted octanol–water partition coefficient (Wildman–Crippen LogP) is 11.7. The molecule has 0 spiro atoms. The molecule has 0 amide bonds. The van der Waals surface area contributed by atoms with Crippen LogP contribution in [0.4, 0.5) is 0 Å². The topological polar surface area (TPSA) is 127 Å². The Morgan fingerprint density at radius 1 is 0.449 bits per heavy atom. The van der Waals surface area contributed by atoms with Crippen LogP contribution in [-0.2, 0) is 42.2 Å². The lowest BCUT2D eigenvalue weighted by Gasteiger charge is -2.06. The maximum atomic E-state index is 11.6. The van der Waals surface area contributed by atoms with Crippen molar-refractivity contribution in [3.05, 3.63) is 71.8 Å². The van der Waals surface area contributed by atoms with E-state index < -0.39 is 20.8 Å². The highest BCUT2D eigenvalue weighted by Gasteiger charge is 2.11. The van der Waals surface area contributed by atoms with Gasteiger partial charge >= 0.3 is 20.8 Å². The zero-order chi connectivity index (χ0) is 36.3. The third-order valence-electron chi connectivity index (χ3n) is 8.10. The molecule has 0 aliphatic rings. The molecule has 0 bridgehead atoms. The van der Waals surface area contributed by atoms with Gasteiger partial charge in [-0.05, 0) is 30.4 Å². The Hall–Kier alpha value is -1.82. The van der Waals surface area contributed by atoms with Crippen LogP contribution in [0.15, 0.2) is 60.7 Å². The first-order chi connectivity index (χ1) is 23.6. The van der Waals surface area contributed by atoms with Gasteiger partial charge in [-0.2, -0.15) is 16.8 Å². The van der Waals surface area contributed by atoms with Crippen LogP contribution in [0, 0.1) is 0 Å². The minimum Gasteiger partial charge on any atom is -0.264 e. The molecule has 0 aliphatic carbocycles. The molecule has 0 heterocycles. The van der Waals surface area contributed by atoms with E-state index >= 15 is 0 Å². The number of rotatable bonds is 28. The van der Waals surface area contributed by atoms with Crippen molar-refractivity contribution in [2.24, 2.45) is 0 Å². The summed E-state index contributed by atoms with van der Waals surface area (Å²) >= 11 is 0. The van der Waals surface area contributed by atoms with E-state index in [0.29, 0.717) is 0 Å². The first-order valence-corrected chi connectivity index (χ1v) is 21.6. The van der Waals surface area contributed by atoms with Gasteiger partial charge in [-0.15, -0.1) is 0 Å². The maximum Gasteiger partial charge on any atom is 0.400 e. The van der Waals surface area contributed by atoms with E-state index in [-0.39, 0.29) is 13.2 Å². The smallest absolute Gasteiger partial charge is 0.264 e. The molecule has 284 valence electrons. The number of benzene rings is 2. The summed E-state index contributed by atoms with van der Waals surface area (Å²) in [7, 11) is -8.56. The van der Waals surface area contributed by atoms with Crippen LogP contribution in [0.3, 0.4) is 0 Å². The molecule has 0 fully saturated rings. The number of hydrogen-bond acceptors (Lipinski definition) is 6. The van der Waals surface area contributed by atoms with Gasteiger partial charge in [-0.25, -0.2) is 8.37 Å². The van der Waals surface area contributed by atoms with Gasteiger partial charge in [-0.1, -0.05) is 203 Å². The molecule has 0 saturated heterocycles. The average molecular weight is 729 g/mol. The summed E-state index contributed by atoms with van der Waals surface area (Å²) in [6.07, 6.45) is 30.5. The second-order valence-electron chi connectivity index (χ2n) is 12.7. The molecule has 0 saturated carbocycles. The molecule has 0 aromatic heterocycles. The zero-order valence-corrected chi connectivity index (χ0v) is 32.2. The lowest BCUT2D eigenvalue weighted by Crippen LogP contribution is -2.11. The maximum absolute atomic E-state index is 11.6. The van der Waals surface area contributed by atoms with Crippen molar-refractivity contribution in [3.8, 4) is 0 Å². The highest BCUT2D eigenvalue weighted by Crippen LogP contribution is 2.14. The number of unbranched alkanes of at least 4 members (excludes halogenated alkanes) is 20. The van der Waals surface area contributed by atoms with E-state index in [2.05, 4.69) is 44.2 Å². The van der Waals surface area contributed by atoms with Crippen LogP contribution in [-0.4, -0.2) is 32.5 Å². The van der Waals surface area contributed by atoms with Crippen LogP contribution in [0.5, 0.6) is 0 Å². The molecule has 2 aromatic rings. The summed E-state index contributed by atoms with van der Waals surface area (Å²) in [5, 5.41) is 0. The van der Waals surface area contributed by atoms with Gasteiger partial charge in [0.2, 0.25) is 0 Å². The van der Waals surface area contributed by atoms with Gasteiger partial charge in [-0.3, -0.25) is 9.11 Å². The molecule has 2 N–H and O–H groups in total. The second-order valence-corrected chi connectivity index (χ2v) is 14.9. The fraction of sp³-hybridized carbons (Fsp3) is 0.692. The Morgan fingerprint density at radius 2 is 0.776 bits per heavy atom. The standard InChI is InChI=1S/C20H34O4S.C19H32.H2O4S/c1-2-3-4-5-6-7-8-9-10-11-15-18-23-25(21,22)24-19-20-16-13-12-14-17-20;1-2-3-4-5-6-7-8-9-10-11-13-16-19-17-14-12-15-18-19;1-5(2,3)4/h12-14,16-17H,2-11,15,18-19H2,1H3;12,14-15,17-18H,2-11,13,16H2,1H3;(H2,1,2,3,4). The first kappa shape index (κ1) is 47.2. The van der Waals surface area contributed by atoms with Crippen molar-refractivity contribution in [1.29, 1.82) is 0 Å². The van der Waals surface area contributed by atoms with Crippen LogP contribution in [0.1, 0.15) is 166 Å². The number of hydrogen-bond donors (Lipinski definition) is 2. The summed E-state index contributed by atoms with van der Waals surface area (Å²) in [6, 6.07) is 20.1.